The molecule has 0 spiro atoms. The van der Waals surface area contributed by atoms with Gasteiger partial charge in [-0.1, -0.05) is 12.1 Å². The Morgan fingerprint density at radius 1 is 1.55 bits per heavy atom. The normalized spacial score (nSPS) is 12.0. The predicted octanol–water partition coefficient (Wildman–Crippen LogP) is 1.03. The second-order valence-corrected chi connectivity index (χ2v) is 4.88. The molecule has 0 aliphatic rings. The molecule has 0 saturated carbocycles. The van der Waals surface area contributed by atoms with Crippen molar-refractivity contribution in [2.75, 3.05) is 14.2 Å². The molecule has 0 N–H and O–H groups in total. The zero-order valence-corrected chi connectivity index (χ0v) is 12.7. The van der Waals surface area contributed by atoms with Gasteiger partial charge in [-0.25, -0.2) is 9.78 Å². The summed E-state index contributed by atoms with van der Waals surface area (Å²) in [4.78, 5) is 18.1. The van der Waals surface area contributed by atoms with E-state index in [1.807, 2.05) is 4.90 Å². The van der Waals surface area contributed by atoms with Gasteiger partial charge in [-0.05, 0) is 24.7 Å². The lowest BCUT2D eigenvalue weighted by atomic mass is 10.0. The maximum absolute atomic E-state index is 12.2. The van der Waals surface area contributed by atoms with E-state index in [4.69, 9.17) is 10.00 Å². The monoisotopic (exact) mass is 299 g/mol. The molecule has 22 heavy (non-hydrogen) atoms. The molecule has 0 saturated heterocycles. The van der Waals surface area contributed by atoms with Crippen LogP contribution in [0.3, 0.4) is 0 Å². The number of aromatic nitrogens is 3. The molecule has 0 unspecified atom stereocenters. The molecule has 0 aliphatic carbocycles. The third-order valence-corrected chi connectivity index (χ3v) is 3.39. The molecule has 0 amide bonds. The fraction of sp³-hybridized carbons (Fsp3) is 0.333. The average Bonchev–Trinajstić information content (AvgIpc) is 2.92. The van der Waals surface area contributed by atoms with Crippen molar-refractivity contribution in [3.63, 3.8) is 0 Å². The Morgan fingerprint density at radius 3 is 2.91 bits per heavy atom. The molecule has 114 valence electrons. The largest absolute Gasteiger partial charge is 0.468 e. The number of esters is 1. The van der Waals surface area contributed by atoms with Crippen molar-refractivity contribution in [2.24, 2.45) is 7.05 Å². The van der Waals surface area contributed by atoms with E-state index in [9.17, 15) is 4.79 Å². The summed E-state index contributed by atoms with van der Waals surface area (Å²) in [7, 11) is 4.94. The van der Waals surface area contributed by atoms with Gasteiger partial charge in [0.25, 0.3) is 0 Å². The molecule has 7 heteroatoms. The summed E-state index contributed by atoms with van der Waals surface area (Å²) in [6.07, 6.45) is 1.46. The van der Waals surface area contributed by atoms with Crippen LogP contribution in [0.15, 0.2) is 30.6 Å². The molecule has 1 aromatic carbocycles. The Hall–Kier alpha value is -2.72. The first-order chi connectivity index (χ1) is 10.6. The molecule has 2 aromatic rings. The van der Waals surface area contributed by atoms with E-state index < -0.39 is 6.04 Å². The van der Waals surface area contributed by atoms with Crippen LogP contribution in [0.2, 0.25) is 0 Å². The predicted molar refractivity (Wildman–Crippen MR) is 78.4 cm³/mol. The summed E-state index contributed by atoms with van der Waals surface area (Å²) in [6, 6.07) is 8.40. The van der Waals surface area contributed by atoms with Crippen LogP contribution < -0.4 is 0 Å². The smallest absolute Gasteiger partial charge is 0.327 e. The van der Waals surface area contributed by atoms with E-state index in [1.54, 1.807) is 43.0 Å². The number of hydrogen-bond acceptors (Lipinski definition) is 6. The van der Waals surface area contributed by atoms with Crippen molar-refractivity contribution in [3.8, 4) is 6.07 Å². The third kappa shape index (κ3) is 3.30. The number of carbonyl (C=O) groups excluding carboxylic acids is 1. The number of methoxy groups -OCH3 is 1. The molecule has 7 nitrogen and oxygen atoms in total. The van der Waals surface area contributed by atoms with E-state index in [1.165, 1.54) is 13.4 Å². The van der Waals surface area contributed by atoms with Gasteiger partial charge in [0.05, 0.1) is 25.3 Å². The van der Waals surface area contributed by atoms with Gasteiger partial charge < -0.3 is 4.74 Å². The highest BCUT2D eigenvalue weighted by atomic mass is 16.5. The van der Waals surface area contributed by atoms with Gasteiger partial charge in [0.2, 0.25) is 0 Å². The van der Waals surface area contributed by atoms with E-state index in [0.717, 1.165) is 5.82 Å². The lowest BCUT2D eigenvalue weighted by molar-refractivity contribution is -0.147. The number of nitrogens with zero attached hydrogens (tertiary/aromatic N) is 5. The SMILES string of the molecule is COC(=O)[C@@H](c1cccc(C#N)c1)N(C)Cc1ncnn1C. The van der Waals surface area contributed by atoms with Gasteiger partial charge in [0.15, 0.2) is 0 Å². The van der Waals surface area contributed by atoms with Crippen LogP contribution in [-0.2, 0) is 23.1 Å². The number of likely N-dealkylation sites (N-methyl/N-ethyl adjacent to an activating group) is 1. The highest BCUT2D eigenvalue weighted by molar-refractivity contribution is 5.77. The van der Waals surface area contributed by atoms with Crippen molar-refractivity contribution < 1.29 is 9.53 Å². The van der Waals surface area contributed by atoms with Gasteiger partial charge in [0, 0.05) is 7.05 Å². The number of carbonyl (C=O) groups is 1. The fourth-order valence-electron chi connectivity index (χ4n) is 2.24. The fourth-order valence-corrected chi connectivity index (χ4v) is 2.24. The molecule has 0 bridgehead atoms. The standard InChI is InChI=1S/C15H17N5O2/c1-19(9-13-17-10-18-20(13)2)14(15(21)22-3)12-6-4-5-11(7-12)8-16/h4-7,10,14H,9H2,1-3H3/t14-/m1/s1. The number of aryl methyl sites for hydroxylation is 1. The van der Waals surface area contributed by atoms with Gasteiger partial charge in [-0.2, -0.15) is 10.4 Å². The Labute approximate surface area is 128 Å². The second-order valence-electron chi connectivity index (χ2n) is 4.88. The maximum atomic E-state index is 12.2. The summed E-state index contributed by atoms with van der Waals surface area (Å²) in [6.45, 7) is 0.424. The Bertz CT molecular complexity index is 704. The molecule has 0 radical (unpaired) electrons. The van der Waals surface area contributed by atoms with Crippen molar-refractivity contribution in [2.45, 2.75) is 12.6 Å². The number of benzene rings is 1. The highest BCUT2D eigenvalue weighted by Gasteiger charge is 2.27. The Kier molecular flexibility index (Phi) is 4.86. The third-order valence-electron chi connectivity index (χ3n) is 3.39. The first kappa shape index (κ1) is 15.7. The quantitative estimate of drug-likeness (QED) is 0.767. The number of ether oxygens (including phenoxy) is 1. The zero-order chi connectivity index (χ0) is 16.1. The second kappa shape index (κ2) is 6.83. The molecule has 2 rings (SSSR count). The molecule has 0 aliphatic heterocycles. The summed E-state index contributed by atoms with van der Waals surface area (Å²) in [5.41, 5.74) is 1.20. The van der Waals surface area contributed by atoms with Crippen LogP contribution in [0.4, 0.5) is 0 Å². The zero-order valence-electron chi connectivity index (χ0n) is 12.7. The number of nitriles is 1. The highest BCUT2D eigenvalue weighted by Crippen LogP contribution is 2.23. The molecule has 1 atom stereocenters. The average molecular weight is 299 g/mol. The summed E-state index contributed by atoms with van der Waals surface area (Å²) >= 11 is 0. The number of rotatable bonds is 5. The van der Waals surface area contributed by atoms with E-state index >= 15 is 0 Å². The molecule has 1 heterocycles. The summed E-state index contributed by atoms with van der Waals surface area (Å²) in [5.74, 6) is 0.340. The van der Waals surface area contributed by atoms with Crippen LogP contribution in [0.25, 0.3) is 0 Å². The van der Waals surface area contributed by atoms with Gasteiger partial charge in [-0.3, -0.25) is 9.58 Å². The van der Waals surface area contributed by atoms with Crippen molar-refractivity contribution >= 4 is 5.97 Å². The minimum absolute atomic E-state index is 0.389. The lowest BCUT2D eigenvalue weighted by Gasteiger charge is -2.25. The Morgan fingerprint density at radius 2 is 2.32 bits per heavy atom. The van der Waals surface area contributed by atoms with Gasteiger partial charge in [-0.15, -0.1) is 0 Å². The van der Waals surface area contributed by atoms with Crippen molar-refractivity contribution in [1.29, 1.82) is 5.26 Å². The van der Waals surface area contributed by atoms with Crippen LogP contribution in [0.1, 0.15) is 23.0 Å². The van der Waals surface area contributed by atoms with Crippen LogP contribution in [-0.4, -0.2) is 39.8 Å². The first-order valence-electron chi connectivity index (χ1n) is 6.67. The minimum Gasteiger partial charge on any atom is -0.468 e. The Balaban J connectivity index is 2.31. The van der Waals surface area contributed by atoms with E-state index in [2.05, 4.69) is 16.2 Å². The lowest BCUT2D eigenvalue weighted by Crippen LogP contribution is -2.32. The minimum atomic E-state index is -0.616. The first-order valence-corrected chi connectivity index (χ1v) is 6.67. The summed E-state index contributed by atoms with van der Waals surface area (Å²) in [5, 5.41) is 13.0. The maximum Gasteiger partial charge on any atom is 0.327 e. The van der Waals surface area contributed by atoms with Gasteiger partial charge >= 0.3 is 5.97 Å². The van der Waals surface area contributed by atoms with Gasteiger partial charge in [0.1, 0.15) is 18.2 Å². The van der Waals surface area contributed by atoms with E-state index in [0.29, 0.717) is 17.7 Å². The van der Waals surface area contributed by atoms with Crippen LogP contribution >= 0.6 is 0 Å². The molecule has 1 aromatic heterocycles. The van der Waals surface area contributed by atoms with Crippen molar-refractivity contribution in [3.05, 3.63) is 47.5 Å². The van der Waals surface area contributed by atoms with Crippen molar-refractivity contribution in [1.82, 2.24) is 19.7 Å². The molecular weight excluding hydrogens is 282 g/mol. The summed E-state index contributed by atoms with van der Waals surface area (Å²) < 4.78 is 6.55. The van der Waals surface area contributed by atoms with Crippen LogP contribution in [0, 0.1) is 11.3 Å². The molecule has 0 fully saturated rings. The van der Waals surface area contributed by atoms with Crippen LogP contribution in [0.5, 0.6) is 0 Å². The number of hydrogen-bond donors (Lipinski definition) is 0. The topological polar surface area (TPSA) is 84.0 Å². The molecular formula is C15H17N5O2. The van der Waals surface area contributed by atoms with E-state index in [-0.39, 0.29) is 5.97 Å².